The van der Waals surface area contributed by atoms with Crippen LogP contribution in [0, 0.1) is 18.8 Å². The number of aromatic nitrogens is 2. The number of piperazine rings is 1. The number of hydrogen-bond acceptors (Lipinski definition) is 8. The molecule has 2 aliphatic rings. The number of benzene rings is 1. The van der Waals surface area contributed by atoms with Crippen LogP contribution in [0.1, 0.15) is 38.0 Å². The number of fused-ring (bicyclic) bond motifs is 1. The van der Waals surface area contributed by atoms with Gasteiger partial charge in [-0.05, 0) is 37.3 Å². The lowest BCUT2D eigenvalue weighted by atomic mass is 9.78. The molecule has 1 saturated carbocycles. The molecule has 10 nitrogen and oxygen atoms in total. The fourth-order valence-corrected chi connectivity index (χ4v) is 9.01. The Bertz CT molecular complexity index is 1560. The fourth-order valence-electron chi connectivity index (χ4n) is 5.92. The SMILES string of the molecule is COc1ccccc1N1CCN(S(=O)(=O)c2c(C)sc3ncn(CC(=O)N[C@@H]4CCC[C@@H](C)[C@@H]4C)c(=O)c23)CC1. The van der Waals surface area contributed by atoms with Crippen LogP contribution in [-0.2, 0) is 21.4 Å². The molecule has 1 amide bonds. The molecule has 1 aliphatic heterocycles. The minimum atomic E-state index is -3.97. The molecule has 1 saturated heterocycles. The summed E-state index contributed by atoms with van der Waals surface area (Å²) in [5.74, 6) is 1.35. The zero-order chi connectivity index (χ0) is 28.6. The number of nitrogens with one attached hydrogen (secondary N) is 1. The van der Waals surface area contributed by atoms with Crippen LogP contribution in [0.25, 0.3) is 10.2 Å². The van der Waals surface area contributed by atoms with Crippen molar-refractivity contribution in [2.24, 2.45) is 11.8 Å². The van der Waals surface area contributed by atoms with Gasteiger partial charge in [0.1, 0.15) is 22.0 Å². The Morgan fingerprint density at radius 2 is 1.88 bits per heavy atom. The number of thiophene rings is 1. The average molecular weight is 588 g/mol. The highest BCUT2D eigenvalue weighted by Gasteiger charge is 2.34. The van der Waals surface area contributed by atoms with E-state index in [1.54, 1.807) is 14.0 Å². The molecule has 1 aliphatic carbocycles. The summed E-state index contributed by atoms with van der Waals surface area (Å²) in [4.78, 5) is 33.9. The maximum atomic E-state index is 13.9. The first kappa shape index (κ1) is 28.6. The summed E-state index contributed by atoms with van der Waals surface area (Å²) in [6.45, 7) is 7.36. The molecule has 0 bridgehead atoms. The first-order valence-electron chi connectivity index (χ1n) is 13.8. The number of para-hydroxylation sites is 2. The molecule has 2 aromatic heterocycles. The predicted molar refractivity (Wildman–Crippen MR) is 157 cm³/mol. The molecule has 2 fully saturated rings. The number of ether oxygens (including phenoxy) is 1. The Kier molecular flexibility index (Phi) is 8.21. The maximum absolute atomic E-state index is 13.9. The third-order valence-electron chi connectivity index (χ3n) is 8.43. The summed E-state index contributed by atoms with van der Waals surface area (Å²) < 4.78 is 35.9. The molecule has 216 valence electrons. The van der Waals surface area contributed by atoms with E-state index in [-0.39, 0.29) is 41.9 Å². The standard InChI is InChI=1S/C28H37N5O5S2/c1-18-8-7-9-21(19(18)2)30-24(34)16-32-17-29-27-25(28(32)35)26(20(3)39-27)40(36,37)33-14-12-31(13-15-33)22-10-5-6-11-23(22)38-4/h5-6,10-11,17-19,21H,7-9,12-16H2,1-4H3,(H,30,34)/t18-,19+,21-/m1/s1. The lowest BCUT2D eigenvalue weighted by Crippen LogP contribution is -2.49. The van der Waals surface area contributed by atoms with Crippen molar-refractivity contribution in [1.82, 2.24) is 19.2 Å². The van der Waals surface area contributed by atoms with Crippen LogP contribution in [0.2, 0.25) is 0 Å². The van der Waals surface area contributed by atoms with Gasteiger partial charge in [0.25, 0.3) is 5.56 Å². The number of carbonyl (C=O) groups is 1. The van der Waals surface area contributed by atoms with E-state index in [2.05, 4.69) is 29.0 Å². The van der Waals surface area contributed by atoms with Crippen LogP contribution in [-0.4, -0.2) is 67.5 Å². The number of rotatable bonds is 7. The zero-order valence-corrected chi connectivity index (χ0v) is 25.1. The van der Waals surface area contributed by atoms with Crippen LogP contribution in [0.4, 0.5) is 5.69 Å². The van der Waals surface area contributed by atoms with Gasteiger partial charge in [-0.25, -0.2) is 13.4 Å². The summed E-state index contributed by atoms with van der Waals surface area (Å²) in [5, 5.41) is 3.15. The third-order valence-corrected chi connectivity index (χ3v) is 11.6. The summed E-state index contributed by atoms with van der Waals surface area (Å²) in [5.41, 5.74) is 0.405. The number of nitrogens with zero attached hydrogens (tertiary/aromatic N) is 4. The van der Waals surface area contributed by atoms with Crippen molar-refractivity contribution in [3.05, 3.63) is 45.8 Å². The smallest absolute Gasteiger partial charge is 0.263 e. The molecule has 0 unspecified atom stereocenters. The molecule has 12 heteroatoms. The Morgan fingerprint density at radius 3 is 2.60 bits per heavy atom. The van der Waals surface area contributed by atoms with Gasteiger partial charge in [-0.3, -0.25) is 14.2 Å². The van der Waals surface area contributed by atoms with E-state index in [1.165, 1.54) is 26.5 Å². The van der Waals surface area contributed by atoms with Crippen molar-refractivity contribution < 1.29 is 17.9 Å². The molecule has 1 aromatic carbocycles. The van der Waals surface area contributed by atoms with E-state index >= 15 is 0 Å². The first-order chi connectivity index (χ1) is 19.1. The topological polar surface area (TPSA) is 114 Å². The van der Waals surface area contributed by atoms with Gasteiger partial charge < -0.3 is 15.0 Å². The summed E-state index contributed by atoms with van der Waals surface area (Å²) in [6.07, 6.45) is 4.47. The van der Waals surface area contributed by atoms with Crippen LogP contribution >= 0.6 is 11.3 Å². The second kappa shape index (κ2) is 11.5. The molecule has 3 aromatic rings. The van der Waals surface area contributed by atoms with Crippen molar-refractivity contribution in [2.45, 2.75) is 57.5 Å². The van der Waals surface area contributed by atoms with Crippen molar-refractivity contribution in [3.63, 3.8) is 0 Å². The van der Waals surface area contributed by atoms with Crippen LogP contribution in [0.15, 0.2) is 40.3 Å². The highest BCUT2D eigenvalue weighted by atomic mass is 32.2. The highest BCUT2D eigenvalue weighted by molar-refractivity contribution is 7.89. The molecule has 5 rings (SSSR count). The number of sulfonamides is 1. The molecule has 40 heavy (non-hydrogen) atoms. The second-order valence-electron chi connectivity index (χ2n) is 10.8. The van der Waals surface area contributed by atoms with E-state index in [0.717, 1.165) is 30.7 Å². The number of aryl methyl sites for hydroxylation is 1. The monoisotopic (exact) mass is 587 g/mol. The Hall–Kier alpha value is -2.96. The van der Waals surface area contributed by atoms with E-state index in [4.69, 9.17) is 4.74 Å². The Labute approximate surface area is 239 Å². The highest BCUT2D eigenvalue weighted by Crippen LogP contribution is 2.34. The number of methoxy groups -OCH3 is 1. The van der Waals surface area contributed by atoms with E-state index in [0.29, 0.717) is 34.6 Å². The largest absolute Gasteiger partial charge is 0.495 e. The predicted octanol–water partition coefficient (Wildman–Crippen LogP) is 3.23. The summed E-state index contributed by atoms with van der Waals surface area (Å²) in [7, 11) is -2.35. The summed E-state index contributed by atoms with van der Waals surface area (Å²) in [6, 6.07) is 7.73. The quantitative estimate of drug-likeness (QED) is 0.452. The van der Waals surface area contributed by atoms with E-state index in [1.807, 2.05) is 24.3 Å². The van der Waals surface area contributed by atoms with Crippen LogP contribution in [0.3, 0.4) is 0 Å². The van der Waals surface area contributed by atoms with Gasteiger partial charge in [0, 0.05) is 37.1 Å². The average Bonchev–Trinajstić information content (AvgIpc) is 3.30. The van der Waals surface area contributed by atoms with Crippen LogP contribution in [0.5, 0.6) is 5.75 Å². The van der Waals surface area contributed by atoms with E-state index < -0.39 is 15.6 Å². The van der Waals surface area contributed by atoms with Gasteiger partial charge in [-0.15, -0.1) is 11.3 Å². The number of hydrogen-bond donors (Lipinski definition) is 1. The van der Waals surface area contributed by atoms with Gasteiger partial charge in [0.15, 0.2) is 0 Å². The van der Waals surface area contributed by atoms with Crippen LogP contribution < -0.4 is 20.5 Å². The molecule has 3 heterocycles. The molecule has 3 atom stereocenters. The van der Waals surface area contributed by atoms with Crippen molar-refractivity contribution in [1.29, 1.82) is 0 Å². The van der Waals surface area contributed by atoms with Gasteiger partial charge >= 0.3 is 0 Å². The van der Waals surface area contributed by atoms with Crippen molar-refractivity contribution in [2.75, 3.05) is 38.2 Å². The Morgan fingerprint density at radius 1 is 1.15 bits per heavy atom. The maximum Gasteiger partial charge on any atom is 0.263 e. The molecular formula is C28H37N5O5S2. The third kappa shape index (κ3) is 5.36. The number of amides is 1. The van der Waals surface area contributed by atoms with Crippen molar-refractivity contribution >= 4 is 43.2 Å². The lowest BCUT2D eigenvalue weighted by molar-refractivity contribution is -0.123. The van der Waals surface area contributed by atoms with Gasteiger partial charge in [-0.2, -0.15) is 4.31 Å². The lowest BCUT2D eigenvalue weighted by Gasteiger charge is -2.36. The minimum Gasteiger partial charge on any atom is -0.495 e. The zero-order valence-electron chi connectivity index (χ0n) is 23.4. The fraction of sp³-hybridized carbons (Fsp3) is 0.536. The molecule has 1 N–H and O–H groups in total. The van der Waals surface area contributed by atoms with Gasteiger partial charge in [-0.1, -0.05) is 38.8 Å². The van der Waals surface area contributed by atoms with Gasteiger partial charge in [0.2, 0.25) is 15.9 Å². The molecular weight excluding hydrogens is 550 g/mol. The number of anilines is 1. The second-order valence-corrected chi connectivity index (χ2v) is 13.9. The first-order valence-corrected chi connectivity index (χ1v) is 16.0. The molecule has 0 spiro atoms. The number of carbonyl (C=O) groups excluding carboxylic acids is 1. The normalized spacial score (nSPS) is 22.4. The minimum absolute atomic E-state index is 0.000211. The molecule has 0 radical (unpaired) electrons. The van der Waals surface area contributed by atoms with Crippen molar-refractivity contribution in [3.8, 4) is 5.75 Å². The Balaban J connectivity index is 1.37. The van der Waals surface area contributed by atoms with Gasteiger partial charge in [0.05, 0.1) is 24.5 Å². The van der Waals surface area contributed by atoms with E-state index in [9.17, 15) is 18.0 Å². The summed E-state index contributed by atoms with van der Waals surface area (Å²) >= 11 is 1.18.